The van der Waals surface area contributed by atoms with Crippen molar-refractivity contribution in [3.63, 3.8) is 0 Å². The van der Waals surface area contributed by atoms with Crippen LogP contribution in [-0.4, -0.2) is 17.3 Å². The Morgan fingerprint density at radius 3 is 1.38 bits per heavy atom. The first kappa shape index (κ1) is 31.4. The second kappa shape index (κ2) is 25.1. The third kappa shape index (κ3) is 24.1. The molecule has 1 unspecified atom stereocenters. The number of carbonyl (C=O) groups excluding carboxylic acids is 2. The smallest absolute Gasteiger partial charge is 0.306 e. The summed E-state index contributed by atoms with van der Waals surface area (Å²) in [4.78, 5) is 23.5. The van der Waals surface area contributed by atoms with Crippen LogP contribution < -0.4 is 0 Å². The quantitative estimate of drug-likeness (QED) is 0.0753. The van der Waals surface area contributed by atoms with E-state index in [9.17, 15) is 9.59 Å². The molecule has 0 bridgehead atoms. The highest BCUT2D eigenvalue weighted by Gasteiger charge is 2.17. The summed E-state index contributed by atoms with van der Waals surface area (Å²) in [5, 5.41) is -0.409. The fourth-order valence-corrected chi connectivity index (χ4v) is 4.41. The van der Waals surface area contributed by atoms with Crippen LogP contribution in [0.2, 0.25) is 0 Å². The van der Waals surface area contributed by atoms with Crippen LogP contribution in [0.5, 0.6) is 0 Å². The Balaban J connectivity index is 3.71. The monoisotopic (exact) mass is 472 g/mol. The number of esters is 1. The molecule has 32 heavy (non-hydrogen) atoms. The Morgan fingerprint density at radius 1 is 0.594 bits per heavy atom. The molecule has 0 fully saturated rings. The van der Waals surface area contributed by atoms with Crippen molar-refractivity contribution in [1.29, 1.82) is 0 Å². The summed E-state index contributed by atoms with van der Waals surface area (Å²) in [5.74, 6) is -0.167. The van der Waals surface area contributed by atoms with Crippen LogP contribution in [0.25, 0.3) is 0 Å². The number of unbranched alkanes of at least 4 members (excludes halogenated alkanes) is 18. The first-order valence-corrected chi connectivity index (χ1v) is 14.4. The fraction of sp³-hybridized carbons (Fsp3) is 0.929. The van der Waals surface area contributed by atoms with E-state index in [4.69, 9.17) is 16.3 Å². The molecule has 3 nitrogen and oxygen atoms in total. The fourth-order valence-electron chi connectivity index (χ4n) is 4.24. The zero-order valence-corrected chi connectivity index (χ0v) is 22.2. The van der Waals surface area contributed by atoms with Crippen molar-refractivity contribution < 1.29 is 14.3 Å². The Bertz CT molecular complexity index is 425. The normalized spacial score (nSPS) is 12.1. The van der Waals surface area contributed by atoms with Crippen molar-refractivity contribution in [3.05, 3.63) is 0 Å². The topological polar surface area (TPSA) is 43.4 Å². The number of halogens is 1. The van der Waals surface area contributed by atoms with Crippen LogP contribution in [0.4, 0.5) is 0 Å². The van der Waals surface area contributed by atoms with Gasteiger partial charge in [-0.15, -0.1) is 0 Å². The molecule has 0 aromatic heterocycles. The lowest BCUT2D eigenvalue weighted by molar-refractivity contribution is -0.150. The van der Waals surface area contributed by atoms with E-state index in [0.717, 1.165) is 32.1 Å². The van der Waals surface area contributed by atoms with Gasteiger partial charge in [-0.3, -0.25) is 9.59 Å². The van der Waals surface area contributed by atoms with E-state index in [0.29, 0.717) is 6.42 Å². The van der Waals surface area contributed by atoms with Crippen molar-refractivity contribution in [1.82, 2.24) is 0 Å². The average Bonchev–Trinajstić information content (AvgIpc) is 2.75. The Hall–Kier alpha value is -0.570. The molecular weight excluding hydrogens is 420 g/mol. The minimum absolute atomic E-state index is 0.141. The van der Waals surface area contributed by atoms with Crippen LogP contribution in [0.15, 0.2) is 0 Å². The van der Waals surface area contributed by atoms with Crippen molar-refractivity contribution >= 4 is 22.8 Å². The molecule has 0 spiro atoms. The number of ether oxygens (including phenoxy) is 1. The first-order chi connectivity index (χ1) is 15.6. The Morgan fingerprint density at radius 2 is 0.969 bits per heavy atom. The molecule has 0 radical (unpaired) electrons. The van der Waals surface area contributed by atoms with Crippen molar-refractivity contribution in [2.75, 3.05) is 0 Å². The summed E-state index contributed by atoms with van der Waals surface area (Å²) < 4.78 is 5.58. The van der Waals surface area contributed by atoms with Crippen molar-refractivity contribution in [3.8, 4) is 0 Å². The minimum Gasteiger partial charge on any atom is -0.462 e. The molecule has 0 heterocycles. The van der Waals surface area contributed by atoms with E-state index in [1.165, 1.54) is 103 Å². The van der Waals surface area contributed by atoms with Gasteiger partial charge in [-0.2, -0.15) is 0 Å². The molecule has 0 aliphatic carbocycles. The maximum atomic E-state index is 12.2. The molecule has 0 aromatic rings. The molecule has 190 valence electrons. The van der Waals surface area contributed by atoms with Gasteiger partial charge in [0.1, 0.15) is 6.10 Å². The SMILES string of the molecule is CCCCCCCCCCCCCC(=O)OC(CCCCCCCCCCC)CC(=O)Cl. The van der Waals surface area contributed by atoms with E-state index in [-0.39, 0.29) is 18.5 Å². The molecule has 0 N–H and O–H groups in total. The summed E-state index contributed by atoms with van der Waals surface area (Å²) in [6, 6.07) is 0. The van der Waals surface area contributed by atoms with E-state index in [2.05, 4.69) is 13.8 Å². The van der Waals surface area contributed by atoms with Crippen LogP contribution in [0, 0.1) is 0 Å². The first-order valence-electron chi connectivity index (χ1n) is 14.0. The van der Waals surface area contributed by atoms with E-state index >= 15 is 0 Å². The maximum Gasteiger partial charge on any atom is 0.306 e. The highest BCUT2D eigenvalue weighted by atomic mass is 35.5. The van der Waals surface area contributed by atoms with Gasteiger partial charge in [-0.05, 0) is 30.9 Å². The van der Waals surface area contributed by atoms with Gasteiger partial charge >= 0.3 is 5.97 Å². The largest absolute Gasteiger partial charge is 0.462 e. The van der Waals surface area contributed by atoms with Crippen LogP contribution >= 0.6 is 11.6 Å². The molecule has 4 heteroatoms. The summed E-state index contributed by atoms with van der Waals surface area (Å²) in [7, 11) is 0. The summed E-state index contributed by atoms with van der Waals surface area (Å²) in [5.41, 5.74) is 0. The van der Waals surface area contributed by atoms with E-state index in [1.54, 1.807) is 0 Å². The number of carbonyl (C=O) groups is 2. The van der Waals surface area contributed by atoms with Crippen LogP contribution in [0.3, 0.4) is 0 Å². The van der Waals surface area contributed by atoms with Gasteiger partial charge in [0.05, 0.1) is 6.42 Å². The minimum atomic E-state index is -0.409. The zero-order valence-electron chi connectivity index (χ0n) is 21.4. The third-order valence-corrected chi connectivity index (χ3v) is 6.45. The van der Waals surface area contributed by atoms with Gasteiger partial charge < -0.3 is 4.74 Å². The molecule has 0 aliphatic heterocycles. The van der Waals surface area contributed by atoms with Gasteiger partial charge in [0, 0.05) is 6.42 Å². The van der Waals surface area contributed by atoms with Gasteiger partial charge in [-0.25, -0.2) is 0 Å². The molecule has 1 atom stereocenters. The number of hydrogen-bond acceptors (Lipinski definition) is 3. The maximum absolute atomic E-state index is 12.2. The lowest BCUT2D eigenvalue weighted by Gasteiger charge is -2.16. The van der Waals surface area contributed by atoms with Crippen molar-refractivity contribution in [2.24, 2.45) is 0 Å². The molecular formula is C28H53ClO3. The summed E-state index contributed by atoms with van der Waals surface area (Å²) in [6.07, 6.45) is 26.2. The summed E-state index contributed by atoms with van der Waals surface area (Å²) in [6.45, 7) is 4.50. The van der Waals surface area contributed by atoms with E-state index in [1.807, 2.05) is 0 Å². The predicted molar refractivity (Wildman–Crippen MR) is 138 cm³/mol. The average molecular weight is 473 g/mol. The molecule has 0 rings (SSSR count). The molecule has 0 amide bonds. The van der Waals surface area contributed by atoms with E-state index < -0.39 is 5.24 Å². The number of rotatable bonds is 25. The van der Waals surface area contributed by atoms with Crippen LogP contribution in [-0.2, 0) is 14.3 Å². The van der Waals surface area contributed by atoms with Gasteiger partial charge in [0.25, 0.3) is 0 Å². The molecule has 0 saturated carbocycles. The highest BCUT2D eigenvalue weighted by molar-refractivity contribution is 6.63. The predicted octanol–water partition coefficient (Wildman–Crippen LogP) is 9.68. The lowest BCUT2D eigenvalue weighted by Crippen LogP contribution is -2.20. The lowest BCUT2D eigenvalue weighted by atomic mass is 10.0. The second-order valence-corrected chi connectivity index (χ2v) is 10.00. The second-order valence-electron chi connectivity index (χ2n) is 9.57. The molecule has 0 aliphatic rings. The molecule has 0 aromatic carbocycles. The molecule has 0 saturated heterocycles. The number of hydrogen-bond donors (Lipinski definition) is 0. The zero-order chi connectivity index (χ0) is 23.7. The third-order valence-electron chi connectivity index (χ3n) is 6.30. The van der Waals surface area contributed by atoms with Gasteiger partial charge in [-0.1, -0.05) is 129 Å². The highest BCUT2D eigenvalue weighted by Crippen LogP contribution is 2.17. The Labute approximate surface area is 204 Å². The van der Waals surface area contributed by atoms with Crippen LogP contribution in [0.1, 0.15) is 162 Å². The van der Waals surface area contributed by atoms with Gasteiger partial charge in [0.15, 0.2) is 0 Å². The van der Waals surface area contributed by atoms with Crippen molar-refractivity contribution in [2.45, 2.75) is 168 Å². The Kier molecular flexibility index (Phi) is 24.6. The standard InChI is InChI=1S/C28H53ClO3/c1-3-5-7-9-11-13-14-16-18-20-22-24-28(31)32-26(25-27(29)30)23-21-19-17-15-12-10-8-6-4-2/h26H,3-25H2,1-2H3. The summed E-state index contributed by atoms with van der Waals surface area (Å²) >= 11 is 5.57. The van der Waals surface area contributed by atoms with Gasteiger partial charge in [0.2, 0.25) is 5.24 Å².